The number of alkyl carbamates (subject to hydrolysis) is 1. The summed E-state index contributed by atoms with van der Waals surface area (Å²) in [5.41, 5.74) is 6.98. The van der Waals surface area contributed by atoms with Crippen LogP contribution in [0, 0.1) is 0 Å². The van der Waals surface area contributed by atoms with Gasteiger partial charge in [0.15, 0.2) is 5.13 Å². The zero-order valence-electron chi connectivity index (χ0n) is 15.9. The fraction of sp³-hybridized carbons (Fsp3) is 0.150. The molecule has 1 atom stereocenters. The molecule has 11 heteroatoms. The number of nitrogens with two attached hydrogens (primary N) is 1. The van der Waals surface area contributed by atoms with Crippen LogP contribution in [0.25, 0.3) is 0 Å². The minimum atomic E-state index is -0.384. The second-order valence-corrected chi connectivity index (χ2v) is 9.44. The van der Waals surface area contributed by atoms with Crippen LogP contribution in [0.4, 0.5) is 21.4 Å². The number of carbonyl (C=O) groups excluding carboxylic acids is 2. The summed E-state index contributed by atoms with van der Waals surface area (Å²) < 4.78 is 5.14. The van der Waals surface area contributed by atoms with Crippen LogP contribution in [0.5, 0.6) is 0 Å². The lowest BCUT2D eigenvalue weighted by Gasteiger charge is -2.09. The lowest BCUT2D eigenvalue weighted by molar-refractivity contribution is 0.104. The highest BCUT2D eigenvalue weighted by molar-refractivity contribution is 7.99. The van der Waals surface area contributed by atoms with Gasteiger partial charge in [-0.25, -0.2) is 9.78 Å². The number of halogens is 2. The number of cyclic esters (lactones) is 1. The average Bonchev–Trinajstić information content (AvgIpc) is 3.31. The number of hydrogen-bond donors (Lipinski definition) is 3. The van der Waals surface area contributed by atoms with Gasteiger partial charge >= 0.3 is 6.09 Å². The van der Waals surface area contributed by atoms with Gasteiger partial charge in [-0.05, 0) is 30.3 Å². The largest absolute Gasteiger partial charge is 0.443 e. The van der Waals surface area contributed by atoms with Crippen molar-refractivity contribution < 1.29 is 14.3 Å². The number of benzene rings is 2. The molecule has 1 aliphatic rings. The highest BCUT2D eigenvalue weighted by atomic mass is 35.5. The summed E-state index contributed by atoms with van der Waals surface area (Å²) in [6.07, 6.45) is -0.538. The number of nitrogens with one attached hydrogen (secondary N) is 2. The fourth-order valence-electron chi connectivity index (χ4n) is 2.88. The summed E-state index contributed by atoms with van der Waals surface area (Å²) in [6.45, 7) is 0.508. The van der Waals surface area contributed by atoms with E-state index in [2.05, 4.69) is 15.6 Å². The zero-order chi connectivity index (χ0) is 22.0. The second kappa shape index (κ2) is 9.35. The van der Waals surface area contributed by atoms with E-state index in [4.69, 9.17) is 33.7 Å². The Morgan fingerprint density at radius 3 is 2.74 bits per heavy atom. The molecule has 1 saturated heterocycles. The lowest BCUT2D eigenvalue weighted by Crippen LogP contribution is -2.16. The monoisotopic (exact) mass is 494 g/mol. The van der Waals surface area contributed by atoms with Crippen LogP contribution in [-0.2, 0) is 4.74 Å². The predicted molar refractivity (Wildman–Crippen MR) is 125 cm³/mol. The van der Waals surface area contributed by atoms with Crippen LogP contribution >= 0.6 is 46.3 Å². The Balaban J connectivity index is 1.47. The summed E-state index contributed by atoms with van der Waals surface area (Å²) in [5, 5.41) is 6.80. The molecular formula is C20H16Cl2N4O3S2. The topological polar surface area (TPSA) is 106 Å². The molecule has 0 bridgehead atoms. The average molecular weight is 495 g/mol. The van der Waals surface area contributed by atoms with Crippen molar-refractivity contribution in [3.63, 3.8) is 0 Å². The number of anilines is 3. The van der Waals surface area contributed by atoms with Crippen molar-refractivity contribution in [3.8, 4) is 0 Å². The van der Waals surface area contributed by atoms with Gasteiger partial charge < -0.3 is 21.1 Å². The number of ether oxygens (including phenoxy) is 1. The summed E-state index contributed by atoms with van der Waals surface area (Å²) in [4.78, 5) is 29.6. The molecule has 160 valence electrons. The van der Waals surface area contributed by atoms with Crippen LogP contribution < -0.4 is 16.4 Å². The summed E-state index contributed by atoms with van der Waals surface area (Å²) in [6, 6.07) is 12.6. The number of carbonyl (C=O) groups is 2. The Hall–Kier alpha value is -2.46. The second-order valence-electron chi connectivity index (χ2n) is 6.53. The number of thioether (sulfide) groups is 1. The van der Waals surface area contributed by atoms with Crippen molar-refractivity contribution in [1.82, 2.24) is 10.3 Å². The maximum absolute atomic E-state index is 12.9. The normalized spacial score (nSPS) is 15.4. The van der Waals surface area contributed by atoms with Crippen LogP contribution in [0.1, 0.15) is 15.2 Å². The minimum Gasteiger partial charge on any atom is -0.443 e. The molecule has 1 aliphatic heterocycles. The molecule has 1 amide bonds. The number of nitrogen functional groups attached to an aromatic ring is 1. The van der Waals surface area contributed by atoms with Crippen LogP contribution in [0.3, 0.4) is 0 Å². The molecule has 3 aromatic rings. The van der Waals surface area contributed by atoms with Gasteiger partial charge in [0, 0.05) is 16.3 Å². The summed E-state index contributed by atoms with van der Waals surface area (Å²) in [7, 11) is 0. The number of ketones is 1. The van der Waals surface area contributed by atoms with Gasteiger partial charge in [-0.15, -0.1) is 11.8 Å². The molecule has 4 N–H and O–H groups in total. The van der Waals surface area contributed by atoms with Crippen molar-refractivity contribution in [2.45, 2.75) is 11.0 Å². The van der Waals surface area contributed by atoms with Gasteiger partial charge in [0.1, 0.15) is 16.8 Å². The van der Waals surface area contributed by atoms with Gasteiger partial charge in [0.2, 0.25) is 5.78 Å². The van der Waals surface area contributed by atoms with E-state index in [1.165, 1.54) is 0 Å². The molecule has 1 aromatic heterocycles. The number of nitrogens with zero attached hydrogens (tertiary/aromatic N) is 1. The van der Waals surface area contributed by atoms with E-state index in [9.17, 15) is 9.59 Å². The fourth-order valence-corrected chi connectivity index (χ4v) is 5.25. The molecule has 1 fully saturated rings. The Morgan fingerprint density at radius 2 is 2.03 bits per heavy atom. The summed E-state index contributed by atoms with van der Waals surface area (Å²) >= 11 is 15.0. The van der Waals surface area contributed by atoms with Crippen molar-refractivity contribution in [2.75, 3.05) is 23.3 Å². The van der Waals surface area contributed by atoms with Crippen LogP contribution in [-0.4, -0.2) is 35.3 Å². The van der Waals surface area contributed by atoms with Gasteiger partial charge in [-0.1, -0.05) is 46.7 Å². The standard InChI is InChI=1S/C20H16Cl2N4O3S2/c21-13-5-2-6-14(22)15(13)16(27)17-18(23)26-19(31-17)25-10-3-1-4-12(7-10)30-9-11-8-24-20(28)29-11/h1-7,11H,8-9,23H2,(H,24,28)(H,25,26). The third-order valence-electron chi connectivity index (χ3n) is 4.32. The first kappa shape index (κ1) is 21.8. The highest BCUT2D eigenvalue weighted by Gasteiger charge is 2.23. The molecule has 0 radical (unpaired) electrons. The first-order chi connectivity index (χ1) is 14.9. The van der Waals surface area contributed by atoms with Crippen molar-refractivity contribution in [3.05, 3.63) is 63.0 Å². The number of rotatable bonds is 7. The molecule has 7 nitrogen and oxygen atoms in total. The molecule has 2 heterocycles. The molecule has 0 saturated carbocycles. The third-order valence-corrected chi connectivity index (χ3v) is 7.06. The first-order valence-electron chi connectivity index (χ1n) is 9.10. The molecular weight excluding hydrogens is 479 g/mol. The van der Waals surface area contributed by atoms with Gasteiger partial charge in [-0.2, -0.15) is 0 Å². The smallest absolute Gasteiger partial charge is 0.407 e. The van der Waals surface area contributed by atoms with E-state index in [1.807, 2.05) is 24.3 Å². The number of amides is 1. The van der Waals surface area contributed by atoms with E-state index in [1.54, 1.807) is 30.0 Å². The summed E-state index contributed by atoms with van der Waals surface area (Å²) in [5.74, 6) is 0.376. The van der Waals surface area contributed by atoms with Crippen LogP contribution in [0.2, 0.25) is 10.0 Å². The minimum absolute atomic E-state index is 0.106. The van der Waals surface area contributed by atoms with E-state index < -0.39 is 0 Å². The zero-order valence-corrected chi connectivity index (χ0v) is 19.0. The van der Waals surface area contributed by atoms with Crippen molar-refractivity contribution in [1.29, 1.82) is 0 Å². The molecule has 0 aliphatic carbocycles. The molecule has 31 heavy (non-hydrogen) atoms. The Labute approximate surface area is 196 Å². The highest BCUT2D eigenvalue weighted by Crippen LogP contribution is 2.34. The van der Waals surface area contributed by atoms with Gasteiger partial charge in [0.05, 0.1) is 22.2 Å². The van der Waals surface area contributed by atoms with E-state index in [0.717, 1.165) is 21.9 Å². The van der Waals surface area contributed by atoms with E-state index >= 15 is 0 Å². The van der Waals surface area contributed by atoms with E-state index in [-0.39, 0.29) is 44.3 Å². The molecule has 4 rings (SSSR count). The Kier molecular flexibility index (Phi) is 6.57. The Morgan fingerprint density at radius 1 is 1.29 bits per heavy atom. The SMILES string of the molecule is Nc1nc(Nc2cccc(SCC3CNC(=O)O3)c2)sc1C(=O)c1c(Cl)cccc1Cl. The first-order valence-corrected chi connectivity index (χ1v) is 11.7. The lowest BCUT2D eigenvalue weighted by atomic mass is 10.1. The number of thiazole rings is 1. The third kappa shape index (κ3) is 5.07. The number of aromatic nitrogens is 1. The quantitative estimate of drug-likeness (QED) is 0.305. The van der Waals surface area contributed by atoms with Gasteiger partial charge in [-0.3, -0.25) is 4.79 Å². The molecule has 0 spiro atoms. The predicted octanol–water partition coefficient (Wildman–Crippen LogP) is 5.21. The van der Waals surface area contributed by atoms with E-state index in [0.29, 0.717) is 17.4 Å². The van der Waals surface area contributed by atoms with Gasteiger partial charge in [0.25, 0.3) is 0 Å². The van der Waals surface area contributed by atoms with Crippen molar-refractivity contribution >= 4 is 74.8 Å². The van der Waals surface area contributed by atoms with Crippen LogP contribution in [0.15, 0.2) is 47.4 Å². The number of hydrogen-bond acceptors (Lipinski definition) is 8. The molecule has 2 aromatic carbocycles. The molecule has 1 unspecified atom stereocenters. The maximum Gasteiger partial charge on any atom is 0.407 e. The maximum atomic E-state index is 12.9. The Bertz CT molecular complexity index is 1130. The van der Waals surface area contributed by atoms with Crippen molar-refractivity contribution in [2.24, 2.45) is 0 Å².